The van der Waals surface area contributed by atoms with Gasteiger partial charge in [0.1, 0.15) is 5.75 Å². The SMILES string of the molecule is Cc1ccccc1NC(=O)COc1ccc(C2SCCS2)cc1. The van der Waals surface area contributed by atoms with Crippen LogP contribution in [-0.2, 0) is 4.79 Å². The Hall–Kier alpha value is -1.59. The zero-order chi connectivity index (χ0) is 16.1. The van der Waals surface area contributed by atoms with Gasteiger partial charge in [0.2, 0.25) is 0 Å². The van der Waals surface area contributed by atoms with Gasteiger partial charge in [-0.3, -0.25) is 4.79 Å². The number of carbonyl (C=O) groups excluding carboxylic acids is 1. The van der Waals surface area contributed by atoms with Gasteiger partial charge in [-0.15, -0.1) is 23.5 Å². The number of ether oxygens (including phenoxy) is 1. The Morgan fingerprint density at radius 3 is 2.52 bits per heavy atom. The lowest BCUT2D eigenvalue weighted by atomic mass is 10.2. The van der Waals surface area contributed by atoms with Crippen molar-refractivity contribution in [3.05, 3.63) is 59.7 Å². The summed E-state index contributed by atoms with van der Waals surface area (Å²) in [5, 5.41) is 2.87. The van der Waals surface area contributed by atoms with Crippen molar-refractivity contribution in [1.29, 1.82) is 0 Å². The molecule has 2 aromatic carbocycles. The summed E-state index contributed by atoms with van der Waals surface area (Å²) in [5.74, 6) is 3.01. The van der Waals surface area contributed by atoms with E-state index in [1.807, 2.05) is 66.8 Å². The van der Waals surface area contributed by atoms with Crippen molar-refractivity contribution in [3.63, 3.8) is 0 Å². The van der Waals surface area contributed by atoms with Crippen LogP contribution < -0.4 is 10.1 Å². The second kappa shape index (κ2) is 7.79. The number of hydrogen-bond acceptors (Lipinski definition) is 4. The van der Waals surface area contributed by atoms with E-state index in [1.165, 1.54) is 17.1 Å². The highest BCUT2D eigenvalue weighted by Gasteiger charge is 2.18. The first-order valence-corrected chi connectivity index (χ1v) is 9.63. The summed E-state index contributed by atoms with van der Waals surface area (Å²) in [6.45, 7) is 1.98. The van der Waals surface area contributed by atoms with Crippen molar-refractivity contribution in [2.75, 3.05) is 23.4 Å². The van der Waals surface area contributed by atoms with E-state index >= 15 is 0 Å². The first-order valence-electron chi connectivity index (χ1n) is 7.54. The van der Waals surface area contributed by atoms with E-state index in [2.05, 4.69) is 17.4 Å². The van der Waals surface area contributed by atoms with E-state index in [-0.39, 0.29) is 12.5 Å². The van der Waals surface area contributed by atoms with Gasteiger partial charge in [-0.25, -0.2) is 0 Å². The van der Waals surface area contributed by atoms with Crippen LogP contribution in [0.5, 0.6) is 5.75 Å². The fraction of sp³-hybridized carbons (Fsp3) is 0.278. The van der Waals surface area contributed by atoms with E-state index in [0.717, 1.165) is 17.0 Å². The Kier molecular flexibility index (Phi) is 5.51. The Morgan fingerprint density at radius 1 is 1.13 bits per heavy atom. The third kappa shape index (κ3) is 4.45. The fourth-order valence-electron chi connectivity index (χ4n) is 2.32. The predicted molar refractivity (Wildman–Crippen MR) is 99.4 cm³/mol. The Labute approximate surface area is 145 Å². The van der Waals surface area contributed by atoms with Crippen LogP contribution in [0.1, 0.15) is 15.7 Å². The van der Waals surface area contributed by atoms with Gasteiger partial charge in [-0.1, -0.05) is 30.3 Å². The molecule has 0 radical (unpaired) electrons. The normalized spacial score (nSPS) is 14.7. The molecule has 5 heteroatoms. The summed E-state index contributed by atoms with van der Waals surface area (Å²) in [4.78, 5) is 12.0. The molecule has 0 spiro atoms. The van der Waals surface area contributed by atoms with Crippen LogP contribution in [0.25, 0.3) is 0 Å². The molecular weight excluding hydrogens is 326 g/mol. The van der Waals surface area contributed by atoms with E-state index in [0.29, 0.717) is 4.58 Å². The van der Waals surface area contributed by atoms with Crippen LogP contribution >= 0.6 is 23.5 Å². The van der Waals surface area contributed by atoms with Crippen LogP contribution in [0.15, 0.2) is 48.5 Å². The quantitative estimate of drug-likeness (QED) is 0.866. The van der Waals surface area contributed by atoms with Gasteiger partial charge in [0.05, 0.1) is 4.58 Å². The fourth-order valence-corrected chi connectivity index (χ4v) is 5.18. The average molecular weight is 345 g/mol. The zero-order valence-corrected chi connectivity index (χ0v) is 14.6. The molecule has 0 unspecified atom stereocenters. The molecule has 2 aromatic rings. The highest BCUT2D eigenvalue weighted by Crippen LogP contribution is 2.45. The minimum atomic E-state index is -0.148. The molecule has 1 saturated heterocycles. The van der Waals surface area contributed by atoms with Crippen molar-refractivity contribution < 1.29 is 9.53 Å². The first kappa shape index (κ1) is 16.3. The number of anilines is 1. The number of aryl methyl sites for hydroxylation is 1. The Morgan fingerprint density at radius 2 is 1.83 bits per heavy atom. The van der Waals surface area contributed by atoms with Crippen LogP contribution in [0.3, 0.4) is 0 Å². The van der Waals surface area contributed by atoms with Gasteiger partial charge < -0.3 is 10.1 Å². The molecule has 3 nitrogen and oxygen atoms in total. The largest absolute Gasteiger partial charge is 0.484 e. The molecule has 0 saturated carbocycles. The van der Waals surface area contributed by atoms with Crippen LogP contribution in [0, 0.1) is 6.92 Å². The number of benzene rings is 2. The molecule has 0 atom stereocenters. The molecule has 1 aliphatic rings. The molecule has 1 amide bonds. The van der Waals surface area contributed by atoms with Crippen molar-refractivity contribution >= 4 is 35.1 Å². The summed E-state index contributed by atoms with van der Waals surface area (Å²) in [6, 6.07) is 15.8. The highest BCUT2D eigenvalue weighted by atomic mass is 32.2. The molecule has 23 heavy (non-hydrogen) atoms. The summed E-state index contributed by atoms with van der Waals surface area (Å²) >= 11 is 3.96. The maximum absolute atomic E-state index is 12.0. The number of nitrogens with one attached hydrogen (secondary N) is 1. The lowest BCUT2D eigenvalue weighted by Crippen LogP contribution is -2.20. The summed E-state index contributed by atoms with van der Waals surface area (Å²) in [6.07, 6.45) is 0. The van der Waals surface area contributed by atoms with Gasteiger partial charge in [0.15, 0.2) is 6.61 Å². The molecule has 1 heterocycles. The van der Waals surface area contributed by atoms with Crippen LogP contribution in [0.2, 0.25) is 0 Å². The number of carbonyl (C=O) groups is 1. The van der Waals surface area contributed by atoms with Crippen LogP contribution in [0.4, 0.5) is 5.69 Å². The topological polar surface area (TPSA) is 38.3 Å². The number of rotatable bonds is 5. The van der Waals surface area contributed by atoms with E-state index in [4.69, 9.17) is 4.74 Å². The van der Waals surface area contributed by atoms with E-state index in [1.54, 1.807) is 0 Å². The Balaban J connectivity index is 1.51. The van der Waals surface area contributed by atoms with Gasteiger partial charge in [0, 0.05) is 17.2 Å². The Bertz CT molecular complexity index is 667. The molecule has 1 N–H and O–H groups in total. The second-order valence-electron chi connectivity index (χ2n) is 5.29. The van der Waals surface area contributed by atoms with E-state index < -0.39 is 0 Å². The van der Waals surface area contributed by atoms with Crippen molar-refractivity contribution in [2.45, 2.75) is 11.5 Å². The lowest BCUT2D eigenvalue weighted by Gasteiger charge is -2.11. The molecular formula is C18H19NO2S2. The minimum Gasteiger partial charge on any atom is -0.484 e. The number of thioether (sulfide) groups is 2. The second-order valence-corrected chi connectivity index (χ2v) is 8.02. The zero-order valence-electron chi connectivity index (χ0n) is 13.0. The monoisotopic (exact) mass is 345 g/mol. The summed E-state index contributed by atoms with van der Waals surface area (Å²) in [7, 11) is 0. The molecule has 0 aliphatic carbocycles. The minimum absolute atomic E-state index is 0.0145. The molecule has 1 fully saturated rings. The van der Waals surface area contributed by atoms with Crippen LogP contribution in [-0.4, -0.2) is 24.0 Å². The predicted octanol–water partition coefficient (Wildman–Crippen LogP) is 4.49. The lowest BCUT2D eigenvalue weighted by molar-refractivity contribution is -0.118. The van der Waals surface area contributed by atoms with Gasteiger partial charge >= 0.3 is 0 Å². The summed E-state index contributed by atoms with van der Waals surface area (Å²) < 4.78 is 6.11. The highest BCUT2D eigenvalue weighted by molar-refractivity contribution is 8.19. The first-order chi connectivity index (χ1) is 11.2. The molecule has 0 bridgehead atoms. The van der Waals surface area contributed by atoms with E-state index in [9.17, 15) is 4.79 Å². The van der Waals surface area contributed by atoms with Gasteiger partial charge in [-0.2, -0.15) is 0 Å². The molecule has 1 aliphatic heterocycles. The molecule has 120 valence electrons. The maximum Gasteiger partial charge on any atom is 0.262 e. The third-order valence-corrected chi connectivity index (χ3v) is 6.67. The van der Waals surface area contributed by atoms with Crippen molar-refractivity contribution in [1.82, 2.24) is 0 Å². The average Bonchev–Trinajstić information content (AvgIpc) is 3.10. The third-order valence-electron chi connectivity index (χ3n) is 3.56. The number of amides is 1. The van der Waals surface area contributed by atoms with Crippen molar-refractivity contribution in [3.8, 4) is 5.75 Å². The van der Waals surface area contributed by atoms with Crippen molar-refractivity contribution in [2.24, 2.45) is 0 Å². The number of para-hydroxylation sites is 1. The molecule has 3 rings (SSSR count). The smallest absolute Gasteiger partial charge is 0.262 e. The van der Waals surface area contributed by atoms with Gasteiger partial charge in [-0.05, 0) is 36.2 Å². The molecule has 0 aromatic heterocycles. The maximum atomic E-state index is 12.0. The van der Waals surface area contributed by atoms with Gasteiger partial charge in [0.25, 0.3) is 5.91 Å². The standard InChI is InChI=1S/C18H19NO2S2/c1-13-4-2-3-5-16(13)19-17(20)12-21-15-8-6-14(7-9-15)18-22-10-11-23-18/h2-9,18H,10-12H2,1H3,(H,19,20). The summed E-state index contributed by atoms with van der Waals surface area (Å²) in [5.41, 5.74) is 3.18. The number of hydrogen-bond donors (Lipinski definition) is 1.